The molecule has 1 aromatic carbocycles. The molecular weight excluding hydrogens is 210 g/mol. The summed E-state index contributed by atoms with van der Waals surface area (Å²) in [4.78, 5) is 4.36. The van der Waals surface area contributed by atoms with E-state index in [0.29, 0.717) is 5.36 Å². The summed E-state index contributed by atoms with van der Waals surface area (Å²) in [6.07, 6.45) is 3.77. The predicted molar refractivity (Wildman–Crippen MR) is 67.2 cm³/mol. The van der Waals surface area contributed by atoms with Gasteiger partial charge < -0.3 is 4.40 Å². The Balaban J connectivity index is 2.56. The van der Waals surface area contributed by atoms with Gasteiger partial charge in [-0.3, -0.25) is 10.4 Å². The molecule has 0 saturated carbocycles. The van der Waals surface area contributed by atoms with Gasteiger partial charge in [0.2, 0.25) is 0 Å². The monoisotopic (exact) mass is 219 g/mol. The van der Waals surface area contributed by atoms with E-state index in [-0.39, 0.29) is 0 Å². The fourth-order valence-electron chi connectivity index (χ4n) is 2.52. The van der Waals surface area contributed by atoms with E-state index in [4.69, 9.17) is 5.41 Å². The Morgan fingerprint density at radius 2 is 1.88 bits per heavy atom. The molecule has 1 N–H and O–H groups in total. The lowest BCUT2D eigenvalue weighted by atomic mass is 10.1. The smallest absolute Gasteiger partial charge is 0.104 e. The molecule has 0 aliphatic heterocycles. The molecule has 0 fully saturated rings. The molecule has 3 nitrogen and oxygen atoms in total. The maximum Gasteiger partial charge on any atom is 0.104 e. The Morgan fingerprint density at radius 3 is 2.82 bits per heavy atom. The third-order valence-corrected chi connectivity index (χ3v) is 3.27. The quantitative estimate of drug-likeness (QED) is 0.485. The van der Waals surface area contributed by atoms with Crippen LogP contribution in [0.15, 0.2) is 48.8 Å². The van der Waals surface area contributed by atoms with E-state index in [9.17, 15) is 0 Å². The van der Waals surface area contributed by atoms with Crippen molar-refractivity contribution in [1.29, 1.82) is 5.41 Å². The molecule has 0 spiro atoms. The van der Waals surface area contributed by atoms with E-state index in [1.165, 1.54) is 0 Å². The zero-order chi connectivity index (χ0) is 11.4. The van der Waals surface area contributed by atoms with Crippen molar-refractivity contribution in [3.8, 4) is 0 Å². The fourth-order valence-corrected chi connectivity index (χ4v) is 2.52. The van der Waals surface area contributed by atoms with Crippen LogP contribution >= 0.6 is 0 Å². The van der Waals surface area contributed by atoms with Crippen molar-refractivity contribution in [3.05, 3.63) is 54.1 Å². The van der Waals surface area contributed by atoms with Crippen LogP contribution in [0.1, 0.15) is 0 Å². The maximum atomic E-state index is 8.22. The largest absolute Gasteiger partial charge is 0.314 e. The van der Waals surface area contributed by atoms with Crippen LogP contribution < -0.4 is 5.36 Å². The van der Waals surface area contributed by atoms with Crippen LogP contribution in [0, 0.1) is 5.41 Å². The molecule has 80 valence electrons. The lowest BCUT2D eigenvalue weighted by molar-refractivity contribution is 1.20. The normalized spacial score (nSPS) is 11.8. The predicted octanol–water partition coefficient (Wildman–Crippen LogP) is 2.56. The molecule has 0 unspecified atom stereocenters. The van der Waals surface area contributed by atoms with Crippen molar-refractivity contribution in [2.24, 2.45) is 0 Å². The molecule has 0 radical (unpaired) electrons. The van der Waals surface area contributed by atoms with Crippen LogP contribution in [0.5, 0.6) is 0 Å². The van der Waals surface area contributed by atoms with Crippen molar-refractivity contribution in [1.82, 2.24) is 9.38 Å². The molecular formula is C14H9N3. The van der Waals surface area contributed by atoms with Gasteiger partial charge in [-0.1, -0.05) is 12.1 Å². The van der Waals surface area contributed by atoms with Gasteiger partial charge in [0.15, 0.2) is 0 Å². The van der Waals surface area contributed by atoms with Gasteiger partial charge in [0.1, 0.15) is 5.36 Å². The third-order valence-electron chi connectivity index (χ3n) is 3.27. The average molecular weight is 219 g/mol. The number of fused-ring (bicyclic) bond motifs is 2. The summed E-state index contributed by atoms with van der Waals surface area (Å²) in [6, 6.07) is 12.1. The maximum absolute atomic E-state index is 8.22. The second-order valence-electron chi connectivity index (χ2n) is 4.17. The van der Waals surface area contributed by atoms with Crippen molar-refractivity contribution in [2.45, 2.75) is 0 Å². The Hall–Kier alpha value is -2.42. The van der Waals surface area contributed by atoms with Crippen LogP contribution in [0.2, 0.25) is 0 Å². The summed E-state index contributed by atoms with van der Waals surface area (Å²) in [5.41, 5.74) is 2.80. The van der Waals surface area contributed by atoms with Gasteiger partial charge >= 0.3 is 0 Å². The third kappa shape index (κ3) is 0.959. The highest BCUT2D eigenvalue weighted by Gasteiger charge is 2.09. The zero-order valence-electron chi connectivity index (χ0n) is 9.01. The van der Waals surface area contributed by atoms with E-state index in [1.54, 1.807) is 6.20 Å². The molecule has 0 amide bonds. The first kappa shape index (κ1) is 8.70. The molecule has 0 aliphatic rings. The van der Waals surface area contributed by atoms with Crippen LogP contribution in [-0.4, -0.2) is 9.38 Å². The Kier molecular flexibility index (Phi) is 1.45. The number of benzene rings is 1. The lowest BCUT2D eigenvalue weighted by Crippen LogP contribution is -2.08. The molecule has 4 aromatic rings. The first-order valence-electron chi connectivity index (χ1n) is 5.51. The van der Waals surface area contributed by atoms with Crippen molar-refractivity contribution >= 4 is 27.3 Å². The van der Waals surface area contributed by atoms with Crippen LogP contribution in [0.3, 0.4) is 0 Å². The topological polar surface area (TPSA) is 41.2 Å². The molecule has 0 saturated heterocycles. The highest BCUT2D eigenvalue weighted by Crippen LogP contribution is 2.23. The van der Waals surface area contributed by atoms with E-state index < -0.39 is 0 Å². The van der Waals surface area contributed by atoms with Crippen molar-refractivity contribution in [3.63, 3.8) is 0 Å². The fraction of sp³-hybridized carbons (Fsp3) is 0. The van der Waals surface area contributed by atoms with Crippen molar-refractivity contribution in [2.75, 3.05) is 0 Å². The minimum atomic E-state index is 0.499. The van der Waals surface area contributed by atoms with Crippen LogP contribution in [0.4, 0.5) is 0 Å². The van der Waals surface area contributed by atoms with E-state index >= 15 is 0 Å². The first-order chi connectivity index (χ1) is 8.36. The molecule has 0 bridgehead atoms. The standard InChI is InChI=1S/C14H9N3/c15-13-11-5-2-8-17(11)10-4-1-3-9-6-7-16-14(13)12(9)10/h1-8,15H. The molecule has 3 aromatic heterocycles. The van der Waals surface area contributed by atoms with Gasteiger partial charge in [0.25, 0.3) is 0 Å². The van der Waals surface area contributed by atoms with E-state index in [1.807, 2.05) is 30.5 Å². The average Bonchev–Trinajstić information content (AvgIpc) is 2.85. The number of hydrogen-bond donors (Lipinski definition) is 1. The second kappa shape index (κ2) is 2.83. The van der Waals surface area contributed by atoms with Gasteiger partial charge in [-0.05, 0) is 29.7 Å². The minimum Gasteiger partial charge on any atom is -0.314 e. The van der Waals surface area contributed by atoms with Crippen LogP contribution in [-0.2, 0) is 0 Å². The number of nitrogens with one attached hydrogen (secondary N) is 1. The van der Waals surface area contributed by atoms with Gasteiger partial charge in [-0.2, -0.15) is 0 Å². The second-order valence-corrected chi connectivity index (χ2v) is 4.17. The number of hydrogen-bond acceptors (Lipinski definition) is 2. The summed E-state index contributed by atoms with van der Waals surface area (Å²) >= 11 is 0. The molecule has 0 atom stereocenters. The highest BCUT2D eigenvalue weighted by molar-refractivity contribution is 6.08. The molecule has 4 rings (SSSR count). The Labute approximate surface area is 96.8 Å². The van der Waals surface area contributed by atoms with E-state index in [2.05, 4.69) is 21.5 Å². The lowest BCUT2D eigenvalue weighted by Gasteiger charge is -2.07. The highest BCUT2D eigenvalue weighted by atomic mass is 14.9. The number of pyridine rings is 2. The SMILES string of the molecule is N=c1c2nccc3cccc(c32)n2cccc12. The summed E-state index contributed by atoms with van der Waals surface area (Å²) < 4.78 is 2.05. The number of rotatable bonds is 0. The molecule has 17 heavy (non-hydrogen) atoms. The van der Waals surface area contributed by atoms with Gasteiger partial charge in [-0.15, -0.1) is 0 Å². The number of aromatic nitrogens is 2. The molecule has 3 heterocycles. The van der Waals surface area contributed by atoms with E-state index in [0.717, 1.165) is 27.3 Å². The number of nitrogens with zero attached hydrogens (tertiary/aromatic N) is 2. The first-order valence-corrected chi connectivity index (χ1v) is 5.51. The Morgan fingerprint density at radius 1 is 1.00 bits per heavy atom. The molecule has 0 aliphatic carbocycles. The summed E-state index contributed by atoms with van der Waals surface area (Å²) in [5, 5.41) is 10.9. The van der Waals surface area contributed by atoms with Gasteiger partial charge in [0.05, 0.1) is 16.6 Å². The Bertz CT molecular complexity index is 900. The van der Waals surface area contributed by atoms with Crippen LogP contribution in [0.25, 0.3) is 27.3 Å². The van der Waals surface area contributed by atoms with Crippen molar-refractivity contribution < 1.29 is 0 Å². The van der Waals surface area contributed by atoms with Gasteiger partial charge in [-0.25, -0.2) is 0 Å². The summed E-state index contributed by atoms with van der Waals surface area (Å²) in [5.74, 6) is 0. The molecule has 3 heteroatoms. The minimum absolute atomic E-state index is 0.499. The van der Waals surface area contributed by atoms with Gasteiger partial charge in [0, 0.05) is 17.8 Å². The zero-order valence-corrected chi connectivity index (χ0v) is 9.01. The summed E-state index contributed by atoms with van der Waals surface area (Å²) in [6.45, 7) is 0. The summed E-state index contributed by atoms with van der Waals surface area (Å²) in [7, 11) is 0.